The highest BCUT2D eigenvalue weighted by atomic mass is 32.1. The maximum atomic E-state index is 12.2. The lowest BCUT2D eigenvalue weighted by molar-refractivity contribution is -0.117. The first kappa shape index (κ1) is 15.3. The first-order chi connectivity index (χ1) is 11.2. The number of nitrogens with two attached hydrogens (primary N) is 1. The van der Waals surface area contributed by atoms with E-state index in [1.165, 1.54) is 11.3 Å². The van der Waals surface area contributed by atoms with Crippen LogP contribution in [0.2, 0.25) is 0 Å². The van der Waals surface area contributed by atoms with Crippen molar-refractivity contribution in [2.75, 3.05) is 5.32 Å². The maximum Gasteiger partial charge on any atom is 0.243 e. The van der Waals surface area contributed by atoms with E-state index >= 15 is 0 Å². The van der Waals surface area contributed by atoms with Gasteiger partial charge in [0.05, 0.1) is 6.04 Å². The molecule has 116 valence electrons. The molecule has 0 aliphatic heterocycles. The standard InChI is InChI=1S/C16H15N5OS/c17-13(10-11-4-2-1-3-5-11)14(22)19-16-21-20-15(23-16)12-6-8-18-9-7-12/h1-9,13H,10,17H2,(H,19,21,22)/t13-/m0/s1. The van der Waals surface area contributed by atoms with Gasteiger partial charge in [-0.05, 0) is 24.1 Å². The van der Waals surface area contributed by atoms with Crippen LogP contribution in [0, 0.1) is 0 Å². The van der Waals surface area contributed by atoms with Gasteiger partial charge in [-0.15, -0.1) is 10.2 Å². The molecule has 2 aromatic heterocycles. The molecule has 1 atom stereocenters. The molecular weight excluding hydrogens is 310 g/mol. The fraction of sp³-hybridized carbons (Fsp3) is 0.125. The number of aromatic nitrogens is 3. The van der Waals surface area contributed by atoms with Crippen LogP contribution in [-0.2, 0) is 11.2 Å². The largest absolute Gasteiger partial charge is 0.320 e. The van der Waals surface area contributed by atoms with E-state index in [2.05, 4.69) is 20.5 Å². The molecular formula is C16H15N5OS. The number of rotatable bonds is 5. The van der Waals surface area contributed by atoms with Crippen LogP contribution in [0.3, 0.4) is 0 Å². The Morgan fingerprint density at radius 2 is 1.87 bits per heavy atom. The minimum atomic E-state index is -0.634. The monoisotopic (exact) mass is 325 g/mol. The predicted molar refractivity (Wildman–Crippen MR) is 89.9 cm³/mol. The van der Waals surface area contributed by atoms with Crippen molar-refractivity contribution >= 4 is 22.4 Å². The number of benzene rings is 1. The Balaban J connectivity index is 1.63. The van der Waals surface area contributed by atoms with Crippen LogP contribution >= 0.6 is 11.3 Å². The molecule has 6 nitrogen and oxygen atoms in total. The minimum Gasteiger partial charge on any atom is -0.320 e. The van der Waals surface area contributed by atoms with Crippen LogP contribution in [-0.4, -0.2) is 27.1 Å². The lowest BCUT2D eigenvalue weighted by atomic mass is 10.1. The summed E-state index contributed by atoms with van der Waals surface area (Å²) < 4.78 is 0. The molecule has 0 unspecified atom stereocenters. The van der Waals surface area contributed by atoms with E-state index < -0.39 is 6.04 Å². The number of carbonyl (C=O) groups excluding carboxylic acids is 1. The van der Waals surface area contributed by atoms with Crippen LogP contribution in [0.25, 0.3) is 10.6 Å². The molecule has 0 saturated heterocycles. The number of carbonyl (C=O) groups is 1. The predicted octanol–water partition coefficient (Wildman–Crippen LogP) is 2.11. The number of pyridine rings is 1. The molecule has 0 radical (unpaired) electrons. The second-order valence-corrected chi connectivity index (χ2v) is 5.91. The van der Waals surface area contributed by atoms with Crippen molar-refractivity contribution in [1.29, 1.82) is 0 Å². The van der Waals surface area contributed by atoms with Crippen LogP contribution in [0.1, 0.15) is 5.56 Å². The summed E-state index contributed by atoms with van der Waals surface area (Å²) in [5.74, 6) is -0.272. The Hall–Kier alpha value is -2.64. The normalized spacial score (nSPS) is 11.9. The molecule has 0 aliphatic carbocycles. The molecule has 3 N–H and O–H groups in total. The Morgan fingerprint density at radius 1 is 1.13 bits per heavy atom. The topological polar surface area (TPSA) is 93.8 Å². The lowest BCUT2D eigenvalue weighted by Crippen LogP contribution is -2.37. The molecule has 7 heteroatoms. The number of nitrogens with zero attached hydrogens (tertiary/aromatic N) is 3. The van der Waals surface area contributed by atoms with Crippen LogP contribution in [0.15, 0.2) is 54.9 Å². The maximum absolute atomic E-state index is 12.2. The number of amides is 1. The Bertz CT molecular complexity index is 775. The first-order valence-corrected chi connectivity index (χ1v) is 7.88. The molecule has 0 saturated carbocycles. The molecule has 23 heavy (non-hydrogen) atoms. The van der Waals surface area contributed by atoms with E-state index in [-0.39, 0.29) is 5.91 Å². The molecule has 0 bridgehead atoms. The van der Waals surface area contributed by atoms with Crippen molar-refractivity contribution in [3.63, 3.8) is 0 Å². The van der Waals surface area contributed by atoms with Crippen molar-refractivity contribution < 1.29 is 4.79 Å². The van der Waals surface area contributed by atoms with E-state index in [1.807, 2.05) is 42.5 Å². The van der Waals surface area contributed by atoms with E-state index in [0.29, 0.717) is 11.6 Å². The minimum absolute atomic E-state index is 0.272. The highest BCUT2D eigenvalue weighted by Crippen LogP contribution is 2.25. The Morgan fingerprint density at radius 3 is 2.61 bits per heavy atom. The molecule has 3 rings (SSSR count). The van der Waals surface area contributed by atoms with E-state index in [0.717, 1.165) is 16.1 Å². The van der Waals surface area contributed by atoms with Gasteiger partial charge in [0.15, 0.2) is 0 Å². The van der Waals surface area contributed by atoms with Crippen LogP contribution < -0.4 is 11.1 Å². The number of anilines is 1. The molecule has 3 aromatic rings. The molecule has 1 amide bonds. The van der Waals surface area contributed by atoms with Crippen molar-refractivity contribution in [1.82, 2.24) is 15.2 Å². The summed E-state index contributed by atoms with van der Waals surface area (Å²) in [6.07, 6.45) is 3.85. The number of hydrogen-bond acceptors (Lipinski definition) is 6. The van der Waals surface area contributed by atoms with Gasteiger partial charge in [-0.25, -0.2) is 0 Å². The van der Waals surface area contributed by atoms with Gasteiger partial charge < -0.3 is 5.73 Å². The smallest absolute Gasteiger partial charge is 0.243 e. The lowest BCUT2D eigenvalue weighted by Gasteiger charge is -2.10. The summed E-state index contributed by atoms with van der Waals surface area (Å²) in [4.78, 5) is 16.1. The number of nitrogens with one attached hydrogen (secondary N) is 1. The van der Waals surface area contributed by atoms with E-state index in [4.69, 9.17) is 5.73 Å². The van der Waals surface area contributed by atoms with E-state index in [1.54, 1.807) is 12.4 Å². The third kappa shape index (κ3) is 3.97. The van der Waals surface area contributed by atoms with Gasteiger partial charge in [0, 0.05) is 18.0 Å². The zero-order chi connectivity index (χ0) is 16.1. The van der Waals surface area contributed by atoms with Crippen LogP contribution in [0.4, 0.5) is 5.13 Å². The van der Waals surface area contributed by atoms with Gasteiger partial charge in [-0.3, -0.25) is 15.1 Å². The highest BCUT2D eigenvalue weighted by Gasteiger charge is 2.16. The van der Waals surface area contributed by atoms with Crippen molar-refractivity contribution in [2.45, 2.75) is 12.5 Å². The van der Waals surface area contributed by atoms with Crippen molar-refractivity contribution in [3.05, 3.63) is 60.4 Å². The summed E-state index contributed by atoms with van der Waals surface area (Å²) in [5, 5.41) is 11.9. The van der Waals surface area contributed by atoms with Gasteiger partial charge in [0.25, 0.3) is 0 Å². The fourth-order valence-corrected chi connectivity index (χ4v) is 2.80. The summed E-state index contributed by atoms with van der Waals surface area (Å²) in [5.41, 5.74) is 7.88. The van der Waals surface area contributed by atoms with Gasteiger partial charge in [-0.1, -0.05) is 41.7 Å². The highest BCUT2D eigenvalue weighted by molar-refractivity contribution is 7.18. The quantitative estimate of drug-likeness (QED) is 0.749. The summed E-state index contributed by atoms with van der Waals surface area (Å²) in [7, 11) is 0. The zero-order valence-electron chi connectivity index (χ0n) is 12.2. The molecule has 2 heterocycles. The number of hydrogen-bond donors (Lipinski definition) is 2. The zero-order valence-corrected chi connectivity index (χ0v) is 13.0. The fourth-order valence-electron chi connectivity index (χ4n) is 2.04. The summed E-state index contributed by atoms with van der Waals surface area (Å²) in [6, 6.07) is 12.7. The van der Waals surface area contributed by atoms with Gasteiger partial charge >= 0.3 is 0 Å². The molecule has 0 spiro atoms. The second kappa shape index (κ2) is 7.08. The van der Waals surface area contributed by atoms with Gasteiger partial charge in [-0.2, -0.15) is 0 Å². The molecule has 0 aliphatic rings. The van der Waals surface area contributed by atoms with Gasteiger partial charge in [0.1, 0.15) is 5.01 Å². The summed E-state index contributed by atoms with van der Waals surface area (Å²) in [6.45, 7) is 0. The van der Waals surface area contributed by atoms with E-state index in [9.17, 15) is 4.79 Å². The third-order valence-electron chi connectivity index (χ3n) is 3.22. The van der Waals surface area contributed by atoms with Crippen molar-refractivity contribution in [2.24, 2.45) is 5.73 Å². The SMILES string of the molecule is N[C@@H](Cc1ccccc1)C(=O)Nc1nnc(-c2ccncc2)s1. The van der Waals surface area contributed by atoms with Crippen molar-refractivity contribution in [3.8, 4) is 10.6 Å². The van der Waals surface area contributed by atoms with Crippen LogP contribution in [0.5, 0.6) is 0 Å². The second-order valence-electron chi connectivity index (χ2n) is 4.93. The summed E-state index contributed by atoms with van der Waals surface area (Å²) >= 11 is 1.30. The first-order valence-electron chi connectivity index (χ1n) is 7.06. The molecule has 1 aromatic carbocycles. The third-order valence-corrected chi connectivity index (χ3v) is 4.11. The average Bonchev–Trinajstić information content (AvgIpc) is 3.05. The Labute approximate surface area is 137 Å². The Kier molecular flexibility index (Phi) is 4.70. The average molecular weight is 325 g/mol. The van der Waals surface area contributed by atoms with Gasteiger partial charge in [0.2, 0.25) is 11.0 Å². The molecule has 0 fully saturated rings.